The van der Waals surface area contributed by atoms with Crippen molar-refractivity contribution < 1.29 is 19.1 Å². The molecule has 1 aromatic heterocycles. The second-order valence-corrected chi connectivity index (χ2v) is 6.80. The number of hydrogen-bond donors (Lipinski definition) is 0. The minimum absolute atomic E-state index is 0.0453. The molecule has 0 saturated heterocycles. The second kappa shape index (κ2) is 8.17. The molecule has 30 heavy (non-hydrogen) atoms. The topological polar surface area (TPSA) is 65.5 Å². The van der Waals surface area contributed by atoms with Gasteiger partial charge in [0.2, 0.25) is 0 Å². The van der Waals surface area contributed by atoms with Crippen molar-refractivity contribution in [2.45, 2.75) is 6.92 Å². The van der Waals surface area contributed by atoms with Gasteiger partial charge in [0.1, 0.15) is 0 Å². The van der Waals surface area contributed by atoms with Crippen LogP contribution in [0.15, 0.2) is 78.9 Å². The summed E-state index contributed by atoms with van der Waals surface area (Å²) in [5.41, 5.74) is 2.91. The monoisotopic (exact) mass is 397 g/mol. The molecule has 1 heterocycles. The van der Waals surface area contributed by atoms with Crippen LogP contribution in [0.4, 0.5) is 0 Å². The summed E-state index contributed by atoms with van der Waals surface area (Å²) < 4.78 is 10.6. The first-order chi connectivity index (χ1) is 14.6. The van der Waals surface area contributed by atoms with Gasteiger partial charge in [-0.2, -0.15) is 0 Å². The number of carbonyl (C=O) groups excluding carboxylic acids is 2. The van der Waals surface area contributed by atoms with Crippen LogP contribution in [0.5, 0.6) is 5.75 Å². The van der Waals surface area contributed by atoms with E-state index in [0.29, 0.717) is 16.6 Å². The van der Waals surface area contributed by atoms with Gasteiger partial charge >= 0.3 is 11.9 Å². The fraction of sp³-hybridized carbons (Fsp3) is 0.0800. The lowest BCUT2D eigenvalue weighted by Gasteiger charge is -2.15. The van der Waals surface area contributed by atoms with E-state index in [-0.39, 0.29) is 11.4 Å². The Morgan fingerprint density at radius 3 is 2.07 bits per heavy atom. The van der Waals surface area contributed by atoms with Crippen LogP contribution in [0.2, 0.25) is 0 Å². The summed E-state index contributed by atoms with van der Waals surface area (Å²) in [5, 5.41) is 1.37. The van der Waals surface area contributed by atoms with E-state index in [9.17, 15) is 9.59 Å². The van der Waals surface area contributed by atoms with Crippen molar-refractivity contribution in [1.29, 1.82) is 0 Å². The third-order valence-corrected chi connectivity index (χ3v) is 4.77. The molecule has 0 aliphatic carbocycles. The lowest BCUT2D eigenvalue weighted by Crippen LogP contribution is -2.14. The number of benzene rings is 3. The molecule has 0 N–H and O–H groups in total. The Kier molecular flexibility index (Phi) is 5.26. The van der Waals surface area contributed by atoms with Crippen molar-refractivity contribution in [1.82, 2.24) is 4.98 Å². The van der Waals surface area contributed by atoms with E-state index < -0.39 is 11.9 Å². The highest BCUT2D eigenvalue weighted by Gasteiger charge is 2.24. The minimum Gasteiger partial charge on any atom is -0.464 e. The number of ether oxygens (including phenoxy) is 2. The van der Waals surface area contributed by atoms with Gasteiger partial charge in [-0.15, -0.1) is 0 Å². The predicted molar refractivity (Wildman–Crippen MR) is 115 cm³/mol. The lowest BCUT2D eigenvalue weighted by atomic mass is 10.0. The highest BCUT2D eigenvalue weighted by Crippen LogP contribution is 2.36. The zero-order valence-corrected chi connectivity index (χ0v) is 16.6. The van der Waals surface area contributed by atoms with Gasteiger partial charge in [0, 0.05) is 16.3 Å². The smallest absolute Gasteiger partial charge is 0.360 e. The van der Waals surface area contributed by atoms with E-state index in [1.807, 2.05) is 55.5 Å². The van der Waals surface area contributed by atoms with Crippen molar-refractivity contribution in [3.05, 3.63) is 95.7 Å². The summed E-state index contributed by atoms with van der Waals surface area (Å²) in [6.07, 6.45) is 0. The van der Waals surface area contributed by atoms with Gasteiger partial charge in [-0.1, -0.05) is 72.3 Å². The maximum absolute atomic E-state index is 12.7. The molecule has 0 saturated carbocycles. The first kappa shape index (κ1) is 19.3. The van der Waals surface area contributed by atoms with E-state index >= 15 is 0 Å². The summed E-state index contributed by atoms with van der Waals surface area (Å²) in [6.45, 7) is 2.00. The zero-order valence-electron chi connectivity index (χ0n) is 16.6. The SMILES string of the molecule is COC(=O)c1nc(-c2ccc(C)cc2)c2ccccc2c1OC(=O)c1ccccc1. The van der Waals surface area contributed by atoms with E-state index in [1.54, 1.807) is 30.3 Å². The largest absolute Gasteiger partial charge is 0.464 e. The number of aromatic nitrogens is 1. The molecule has 4 aromatic rings. The normalized spacial score (nSPS) is 10.6. The molecule has 0 aliphatic heterocycles. The molecule has 4 rings (SSSR count). The molecular weight excluding hydrogens is 378 g/mol. The third kappa shape index (κ3) is 3.65. The molecule has 0 spiro atoms. The summed E-state index contributed by atoms with van der Waals surface area (Å²) in [7, 11) is 1.27. The molecule has 148 valence electrons. The van der Waals surface area contributed by atoms with Crippen molar-refractivity contribution >= 4 is 22.7 Å². The molecule has 5 heteroatoms. The number of fused-ring (bicyclic) bond motifs is 1. The minimum atomic E-state index is -0.676. The molecule has 0 fully saturated rings. The van der Waals surface area contributed by atoms with Crippen molar-refractivity contribution in [3.8, 4) is 17.0 Å². The fourth-order valence-corrected chi connectivity index (χ4v) is 3.23. The maximum atomic E-state index is 12.7. The average Bonchev–Trinajstić information content (AvgIpc) is 2.80. The van der Waals surface area contributed by atoms with Crippen LogP contribution in [0.1, 0.15) is 26.4 Å². The number of aryl methyl sites for hydroxylation is 1. The van der Waals surface area contributed by atoms with Gasteiger partial charge in [-0.3, -0.25) is 0 Å². The van der Waals surface area contributed by atoms with Crippen LogP contribution < -0.4 is 4.74 Å². The van der Waals surface area contributed by atoms with Gasteiger partial charge in [0.25, 0.3) is 0 Å². The van der Waals surface area contributed by atoms with Gasteiger partial charge in [0.15, 0.2) is 11.4 Å². The number of carbonyl (C=O) groups is 2. The van der Waals surface area contributed by atoms with Crippen LogP contribution >= 0.6 is 0 Å². The van der Waals surface area contributed by atoms with Crippen LogP contribution in [-0.2, 0) is 4.74 Å². The molecule has 0 radical (unpaired) electrons. The highest BCUT2D eigenvalue weighted by atomic mass is 16.5. The molecule has 5 nitrogen and oxygen atoms in total. The summed E-state index contributed by atoms with van der Waals surface area (Å²) >= 11 is 0. The number of methoxy groups -OCH3 is 1. The van der Waals surface area contributed by atoms with Gasteiger partial charge in [0.05, 0.1) is 18.4 Å². The standard InChI is InChI=1S/C25H19NO4/c1-16-12-14-17(15-13-16)21-19-10-6-7-11-20(19)23(22(26-21)25(28)29-2)30-24(27)18-8-4-3-5-9-18/h3-15H,1-2H3. The van der Waals surface area contributed by atoms with Gasteiger partial charge < -0.3 is 9.47 Å². The summed E-state index contributed by atoms with van der Waals surface area (Å²) in [4.78, 5) is 29.8. The Balaban J connectivity index is 1.93. The Morgan fingerprint density at radius 2 is 1.40 bits per heavy atom. The van der Waals surface area contributed by atoms with Crippen LogP contribution in [0.25, 0.3) is 22.0 Å². The quantitative estimate of drug-likeness (QED) is 0.442. The first-order valence-electron chi connectivity index (χ1n) is 9.44. The number of hydrogen-bond acceptors (Lipinski definition) is 5. The fourth-order valence-electron chi connectivity index (χ4n) is 3.23. The van der Waals surface area contributed by atoms with E-state index in [2.05, 4.69) is 4.98 Å². The number of nitrogens with zero attached hydrogens (tertiary/aromatic N) is 1. The van der Waals surface area contributed by atoms with Crippen LogP contribution in [0.3, 0.4) is 0 Å². The molecule has 0 bridgehead atoms. The van der Waals surface area contributed by atoms with Crippen LogP contribution in [-0.4, -0.2) is 24.0 Å². The molecular formula is C25H19NO4. The van der Waals surface area contributed by atoms with Gasteiger partial charge in [-0.25, -0.2) is 14.6 Å². The Bertz CT molecular complexity index is 1230. The van der Waals surface area contributed by atoms with E-state index in [4.69, 9.17) is 9.47 Å². The van der Waals surface area contributed by atoms with E-state index in [1.165, 1.54) is 7.11 Å². The predicted octanol–water partition coefficient (Wildman–Crippen LogP) is 5.22. The molecule has 0 amide bonds. The number of pyridine rings is 1. The molecule has 0 aliphatic rings. The van der Waals surface area contributed by atoms with Crippen molar-refractivity contribution in [2.24, 2.45) is 0 Å². The summed E-state index contributed by atoms with van der Waals surface area (Å²) in [6, 6.07) is 23.8. The zero-order chi connectivity index (χ0) is 21.1. The van der Waals surface area contributed by atoms with Crippen molar-refractivity contribution in [2.75, 3.05) is 7.11 Å². The maximum Gasteiger partial charge on any atom is 0.360 e. The summed E-state index contributed by atoms with van der Waals surface area (Å²) in [5.74, 6) is -1.16. The lowest BCUT2D eigenvalue weighted by molar-refractivity contribution is 0.0586. The van der Waals surface area contributed by atoms with Crippen LogP contribution in [0, 0.1) is 6.92 Å². The molecule has 3 aromatic carbocycles. The highest BCUT2D eigenvalue weighted by molar-refractivity contribution is 6.06. The molecule has 0 unspecified atom stereocenters. The van der Waals surface area contributed by atoms with E-state index in [0.717, 1.165) is 16.5 Å². The number of rotatable bonds is 4. The third-order valence-electron chi connectivity index (χ3n) is 4.77. The second-order valence-electron chi connectivity index (χ2n) is 6.80. The molecule has 0 atom stereocenters. The Morgan fingerprint density at radius 1 is 0.767 bits per heavy atom. The number of esters is 2. The van der Waals surface area contributed by atoms with Crippen molar-refractivity contribution in [3.63, 3.8) is 0 Å². The van der Waals surface area contributed by atoms with Gasteiger partial charge in [-0.05, 0) is 19.1 Å². The Labute approximate surface area is 173 Å². The first-order valence-corrected chi connectivity index (χ1v) is 9.44. The average molecular weight is 397 g/mol. The Hall–Kier alpha value is -3.99.